The summed E-state index contributed by atoms with van der Waals surface area (Å²) in [5, 5.41) is 6.86. The van der Waals surface area contributed by atoms with E-state index >= 15 is 0 Å². The number of aryl methyl sites for hydroxylation is 1. The van der Waals surface area contributed by atoms with E-state index in [9.17, 15) is 8.78 Å². The number of hydrogen-bond donors (Lipinski definition) is 1. The summed E-state index contributed by atoms with van der Waals surface area (Å²) in [6.45, 7) is 3.02. The maximum atomic E-state index is 13.8. The van der Waals surface area contributed by atoms with Crippen molar-refractivity contribution in [2.24, 2.45) is 7.05 Å². The Labute approximate surface area is 115 Å². The summed E-state index contributed by atoms with van der Waals surface area (Å²) >= 11 is 0. The Morgan fingerprint density at radius 2 is 2.00 bits per heavy atom. The molecule has 0 aliphatic carbocycles. The fourth-order valence-electron chi connectivity index (χ4n) is 1.71. The van der Waals surface area contributed by atoms with Crippen molar-refractivity contribution in [1.82, 2.24) is 20.1 Å². The smallest absolute Gasteiger partial charge is 0.191 e. The third-order valence-corrected chi connectivity index (χ3v) is 2.79. The lowest BCUT2D eigenvalue weighted by Crippen LogP contribution is -2.12. The van der Waals surface area contributed by atoms with Gasteiger partial charge in [0, 0.05) is 13.6 Å². The highest BCUT2D eigenvalue weighted by atomic mass is 19.1. The zero-order valence-corrected chi connectivity index (χ0v) is 11.4. The van der Waals surface area contributed by atoms with Crippen LogP contribution in [0.2, 0.25) is 0 Å². The van der Waals surface area contributed by atoms with Crippen molar-refractivity contribution in [2.45, 2.75) is 20.1 Å². The van der Waals surface area contributed by atoms with Gasteiger partial charge in [-0.3, -0.25) is 4.68 Å². The molecular formula is C13H16F2N4O. The quantitative estimate of drug-likeness (QED) is 0.877. The molecule has 1 N–H and O–H groups in total. The van der Waals surface area contributed by atoms with Gasteiger partial charge in [0.1, 0.15) is 12.9 Å². The maximum absolute atomic E-state index is 13.8. The van der Waals surface area contributed by atoms with E-state index in [1.165, 1.54) is 23.1 Å². The number of nitrogens with zero attached hydrogens (tertiary/aromatic N) is 3. The first-order chi connectivity index (χ1) is 9.61. The molecule has 0 saturated carbocycles. The Hall–Kier alpha value is -2.02. The van der Waals surface area contributed by atoms with E-state index in [1.54, 1.807) is 7.05 Å². The van der Waals surface area contributed by atoms with Crippen LogP contribution in [0.5, 0.6) is 5.75 Å². The number of aromatic nitrogens is 3. The van der Waals surface area contributed by atoms with E-state index in [0.717, 1.165) is 6.54 Å². The van der Waals surface area contributed by atoms with E-state index in [-0.39, 0.29) is 6.61 Å². The molecule has 0 bridgehead atoms. The minimum Gasteiger partial charge on any atom is -0.479 e. The molecule has 0 fully saturated rings. The molecule has 1 aromatic heterocycles. The lowest BCUT2D eigenvalue weighted by atomic mass is 10.2. The standard InChI is InChI=1S/C13H16F2N4O/c1-3-16-6-9-4-10(14)13(11(15)5-9)20-7-12-17-8-18-19(12)2/h4-5,8,16H,3,6-7H2,1-2H3. The fourth-order valence-corrected chi connectivity index (χ4v) is 1.71. The Kier molecular flexibility index (Phi) is 4.62. The van der Waals surface area contributed by atoms with Crippen LogP contribution in [-0.4, -0.2) is 21.3 Å². The van der Waals surface area contributed by atoms with Crippen molar-refractivity contribution in [1.29, 1.82) is 0 Å². The Morgan fingerprint density at radius 3 is 2.55 bits per heavy atom. The highest BCUT2D eigenvalue weighted by Gasteiger charge is 2.14. The molecule has 2 rings (SSSR count). The monoisotopic (exact) mass is 282 g/mol. The fraction of sp³-hybridized carbons (Fsp3) is 0.385. The normalized spacial score (nSPS) is 10.8. The summed E-state index contributed by atoms with van der Waals surface area (Å²) in [4.78, 5) is 3.92. The van der Waals surface area contributed by atoms with Gasteiger partial charge in [-0.1, -0.05) is 6.92 Å². The zero-order chi connectivity index (χ0) is 14.5. The Bertz CT molecular complexity index is 562. The van der Waals surface area contributed by atoms with E-state index in [0.29, 0.717) is 17.9 Å². The van der Waals surface area contributed by atoms with Gasteiger partial charge in [0.25, 0.3) is 0 Å². The molecule has 0 saturated heterocycles. The molecule has 0 spiro atoms. The largest absolute Gasteiger partial charge is 0.479 e. The molecule has 1 heterocycles. The molecule has 2 aromatic rings. The van der Waals surface area contributed by atoms with Crippen molar-refractivity contribution < 1.29 is 13.5 Å². The molecule has 108 valence electrons. The van der Waals surface area contributed by atoms with E-state index < -0.39 is 17.4 Å². The zero-order valence-electron chi connectivity index (χ0n) is 11.4. The molecule has 0 aliphatic rings. The molecule has 0 atom stereocenters. The van der Waals surface area contributed by atoms with Crippen LogP contribution < -0.4 is 10.1 Å². The van der Waals surface area contributed by atoms with Crippen LogP contribution in [0.1, 0.15) is 18.3 Å². The molecule has 0 radical (unpaired) electrons. The summed E-state index contributed by atoms with van der Waals surface area (Å²) in [5.74, 6) is -1.35. The van der Waals surface area contributed by atoms with Crippen molar-refractivity contribution >= 4 is 0 Å². The molecule has 1 aromatic carbocycles. The summed E-state index contributed by atoms with van der Waals surface area (Å²) < 4.78 is 34.3. The first-order valence-corrected chi connectivity index (χ1v) is 6.26. The predicted octanol–water partition coefficient (Wildman–Crippen LogP) is 1.78. The number of rotatable bonds is 6. The van der Waals surface area contributed by atoms with Gasteiger partial charge in [-0.05, 0) is 24.2 Å². The SMILES string of the molecule is CCNCc1cc(F)c(OCc2ncnn2C)c(F)c1. The van der Waals surface area contributed by atoms with Gasteiger partial charge >= 0.3 is 0 Å². The average Bonchev–Trinajstić information content (AvgIpc) is 2.81. The van der Waals surface area contributed by atoms with Crippen LogP contribution in [0.4, 0.5) is 8.78 Å². The minimum absolute atomic E-state index is 0.0447. The van der Waals surface area contributed by atoms with Crippen LogP contribution >= 0.6 is 0 Å². The molecular weight excluding hydrogens is 266 g/mol. The van der Waals surface area contributed by atoms with Crippen LogP contribution in [-0.2, 0) is 20.2 Å². The van der Waals surface area contributed by atoms with E-state index in [1.807, 2.05) is 6.92 Å². The van der Waals surface area contributed by atoms with Gasteiger partial charge in [0.05, 0.1) is 0 Å². The number of benzene rings is 1. The number of halogens is 2. The average molecular weight is 282 g/mol. The molecule has 5 nitrogen and oxygen atoms in total. The second kappa shape index (κ2) is 6.42. The van der Waals surface area contributed by atoms with Gasteiger partial charge in [0.15, 0.2) is 23.2 Å². The predicted molar refractivity (Wildman–Crippen MR) is 69.1 cm³/mol. The number of ether oxygens (including phenoxy) is 1. The lowest BCUT2D eigenvalue weighted by molar-refractivity contribution is 0.261. The van der Waals surface area contributed by atoms with Crippen LogP contribution in [0.15, 0.2) is 18.5 Å². The van der Waals surface area contributed by atoms with Gasteiger partial charge in [-0.25, -0.2) is 13.8 Å². The first kappa shape index (κ1) is 14.4. The lowest BCUT2D eigenvalue weighted by Gasteiger charge is -2.10. The van der Waals surface area contributed by atoms with Crippen molar-refractivity contribution in [3.63, 3.8) is 0 Å². The number of nitrogens with one attached hydrogen (secondary N) is 1. The second-order valence-electron chi connectivity index (χ2n) is 4.26. The van der Waals surface area contributed by atoms with Crippen LogP contribution in [0.25, 0.3) is 0 Å². The third kappa shape index (κ3) is 3.30. The van der Waals surface area contributed by atoms with Gasteiger partial charge in [-0.2, -0.15) is 5.10 Å². The van der Waals surface area contributed by atoms with E-state index in [4.69, 9.17) is 4.74 Å². The highest BCUT2D eigenvalue weighted by Crippen LogP contribution is 2.24. The first-order valence-electron chi connectivity index (χ1n) is 6.26. The molecule has 0 aliphatic heterocycles. The molecule has 7 heteroatoms. The van der Waals surface area contributed by atoms with Crippen molar-refractivity contribution in [3.05, 3.63) is 41.5 Å². The molecule has 20 heavy (non-hydrogen) atoms. The van der Waals surface area contributed by atoms with Gasteiger partial charge in [0.2, 0.25) is 0 Å². The topological polar surface area (TPSA) is 52.0 Å². The summed E-state index contributed by atoms with van der Waals surface area (Å²) in [5.41, 5.74) is 0.535. The minimum atomic E-state index is -0.722. The Balaban J connectivity index is 2.10. The van der Waals surface area contributed by atoms with Crippen molar-refractivity contribution in [3.8, 4) is 5.75 Å². The highest BCUT2D eigenvalue weighted by molar-refractivity contribution is 5.31. The third-order valence-electron chi connectivity index (χ3n) is 2.79. The molecule has 0 amide bonds. The summed E-state index contributed by atoms with van der Waals surface area (Å²) in [6, 6.07) is 2.52. The van der Waals surface area contributed by atoms with Crippen LogP contribution in [0, 0.1) is 11.6 Å². The summed E-state index contributed by atoms with van der Waals surface area (Å²) in [6.07, 6.45) is 1.35. The number of hydrogen-bond acceptors (Lipinski definition) is 4. The Morgan fingerprint density at radius 1 is 1.30 bits per heavy atom. The maximum Gasteiger partial charge on any atom is 0.191 e. The van der Waals surface area contributed by atoms with Gasteiger partial charge in [-0.15, -0.1) is 0 Å². The summed E-state index contributed by atoms with van der Waals surface area (Å²) in [7, 11) is 1.68. The van der Waals surface area contributed by atoms with E-state index in [2.05, 4.69) is 15.4 Å². The van der Waals surface area contributed by atoms with Gasteiger partial charge < -0.3 is 10.1 Å². The van der Waals surface area contributed by atoms with Crippen molar-refractivity contribution in [2.75, 3.05) is 6.54 Å². The molecule has 0 unspecified atom stereocenters. The van der Waals surface area contributed by atoms with Crippen LogP contribution in [0.3, 0.4) is 0 Å². The second-order valence-corrected chi connectivity index (χ2v) is 4.26.